The van der Waals surface area contributed by atoms with Crippen LogP contribution in [0.25, 0.3) is 0 Å². The average Bonchev–Trinajstić information content (AvgIpc) is 2.96. The first-order chi connectivity index (χ1) is 9.66. The number of ether oxygens (including phenoxy) is 1. The molecule has 0 unspecified atom stereocenters. The van der Waals surface area contributed by atoms with E-state index < -0.39 is 0 Å². The zero-order chi connectivity index (χ0) is 14.4. The molecule has 1 aliphatic rings. The second kappa shape index (κ2) is 7.09. The third-order valence-electron chi connectivity index (χ3n) is 3.33. The van der Waals surface area contributed by atoms with E-state index in [-0.39, 0.29) is 11.8 Å². The van der Waals surface area contributed by atoms with Crippen LogP contribution in [0.1, 0.15) is 19.1 Å². The van der Waals surface area contributed by atoms with Crippen LogP contribution in [-0.4, -0.2) is 54.5 Å². The van der Waals surface area contributed by atoms with Crippen molar-refractivity contribution in [3.8, 4) is 0 Å². The Labute approximate surface area is 118 Å². The van der Waals surface area contributed by atoms with Crippen molar-refractivity contribution in [3.05, 3.63) is 24.2 Å². The molecule has 0 radical (unpaired) electrons. The summed E-state index contributed by atoms with van der Waals surface area (Å²) in [6.45, 7) is 4.77. The van der Waals surface area contributed by atoms with Crippen LogP contribution in [0.3, 0.4) is 0 Å². The van der Waals surface area contributed by atoms with Crippen LogP contribution in [0.2, 0.25) is 0 Å². The molecule has 1 saturated heterocycles. The van der Waals surface area contributed by atoms with Gasteiger partial charge < -0.3 is 19.0 Å². The molecule has 110 valence electrons. The Balaban J connectivity index is 1.82. The quantitative estimate of drug-likeness (QED) is 0.803. The summed E-state index contributed by atoms with van der Waals surface area (Å²) in [5, 5.41) is 0. The first kappa shape index (κ1) is 14.6. The third kappa shape index (κ3) is 4.09. The summed E-state index contributed by atoms with van der Waals surface area (Å²) in [5.74, 6) is 0.731. The van der Waals surface area contributed by atoms with E-state index in [2.05, 4.69) is 0 Å². The van der Waals surface area contributed by atoms with Crippen molar-refractivity contribution in [1.82, 2.24) is 9.80 Å². The van der Waals surface area contributed by atoms with Crippen LogP contribution in [0, 0.1) is 0 Å². The Kier molecular flexibility index (Phi) is 5.17. The van der Waals surface area contributed by atoms with Gasteiger partial charge in [0.1, 0.15) is 5.76 Å². The molecule has 6 heteroatoms. The summed E-state index contributed by atoms with van der Waals surface area (Å²) in [6.07, 6.45) is 1.91. The average molecular weight is 280 g/mol. The zero-order valence-corrected chi connectivity index (χ0v) is 11.7. The highest BCUT2D eigenvalue weighted by Gasteiger charge is 2.19. The first-order valence-electron chi connectivity index (χ1n) is 6.80. The fourth-order valence-electron chi connectivity index (χ4n) is 2.14. The van der Waals surface area contributed by atoms with Crippen molar-refractivity contribution >= 4 is 11.8 Å². The molecule has 20 heavy (non-hydrogen) atoms. The summed E-state index contributed by atoms with van der Waals surface area (Å²) in [5.41, 5.74) is 0. The van der Waals surface area contributed by atoms with Gasteiger partial charge in [-0.15, -0.1) is 0 Å². The molecule has 2 amide bonds. The van der Waals surface area contributed by atoms with E-state index in [1.807, 2.05) is 6.07 Å². The van der Waals surface area contributed by atoms with E-state index in [0.29, 0.717) is 45.8 Å². The van der Waals surface area contributed by atoms with E-state index in [4.69, 9.17) is 9.15 Å². The number of hydrogen-bond donors (Lipinski definition) is 0. The van der Waals surface area contributed by atoms with Crippen LogP contribution < -0.4 is 0 Å². The summed E-state index contributed by atoms with van der Waals surface area (Å²) in [6, 6.07) is 3.60. The Hall–Kier alpha value is -1.82. The summed E-state index contributed by atoms with van der Waals surface area (Å²) >= 11 is 0. The van der Waals surface area contributed by atoms with E-state index in [1.54, 1.807) is 22.1 Å². The van der Waals surface area contributed by atoms with Gasteiger partial charge in [-0.25, -0.2) is 0 Å². The minimum absolute atomic E-state index is 0.0591. The van der Waals surface area contributed by atoms with Crippen molar-refractivity contribution in [2.45, 2.75) is 19.9 Å². The van der Waals surface area contributed by atoms with Gasteiger partial charge in [0.15, 0.2) is 0 Å². The maximum atomic E-state index is 12.0. The SMILES string of the molecule is CC(=O)N(CCC(=O)N1CCOCC1)Cc1ccco1. The predicted octanol–water partition coefficient (Wildman–Crippen LogP) is 0.877. The molecule has 2 rings (SSSR count). The van der Waals surface area contributed by atoms with Gasteiger partial charge in [0.25, 0.3) is 0 Å². The molecule has 0 bridgehead atoms. The minimum Gasteiger partial charge on any atom is -0.467 e. The van der Waals surface area contributed by atoms with Gasteiger partial charge >= 0.3 is 0 Å². The highest BCUT2D eigenvalue weighted by molar-refractivity contribution is 5.78. The lowest BCUT2D eigenvalue weighted by Crippen LogP contribution is -2.42. The zero-order valence-electron chi connectivity index (χ0n) is 11.7. The normalized spacial score (nSPS) is 15.2. The van der Waals surface area contributed by atoms with Crippen LogP contribution in [0.4, 0.5) is 0 Å². The summed E-state index contributed by atoms with van der Waals surface area (Å²) in [7, 11) is 0. The van der Waals surface area contributed by atoms with Crippen molar-refractivity contribution in [1.29, 1.82) is 0 Å². The van der Waals surface area contributed by atoms with Crippen LogP contribution in [0.15, 0.2) is 22.8 Å². The minimum atomic E-state index is -0.0591. The molecule has 1 fully saturated rings. The highest BCUT2D eigenvalue weighted by atomic mass is 16.5. The molecule has 1 aliphatic heterocycles. The van der Waals surface area contributed by atoms with Crippen LogP contribution >= 0.6 is 0 Å². The molecular formula is C14H20N2O4. The molecule has 0 N–H and O–H groups in total. The standard InChI is InChI=1S/C14H20N2O4/c1-12(17)16(11-13-3-2-8-20-13)5-4-14(18)15-6-9-19-10-7-15/h2-3,8H,4-7,9-11H2,1H3. The first-order valence-corrected chi connectivity index (χ1v) is 6.80. The molecule has 2 heterocycles. The van der Waals surface area contributed by atoms with Gasteiger partial charge in [-0.3, -0.25) is 9.59 Å². The second-order valence-corrected chi connectivity index (χ2v) is 4.76. The van der Waals surface area contributed by atoms with Crippen LogP contribution in [-0.2, 0) is 20.9 Å². The number of carbonyl (C=O) groups is 2. The molecule has 0 aliphatic carbocycles. The molecule has 1 aromatic heterocycles. The van der Waals surface area contributed by atoms with Crippen molar-refractivity contribution in [2.24, 2.45) is 0 Å². The molecule has 0 saturated carbocycles. The van der Waals surface area contributed by atoms with E-state index in [9.17, 15) is 9.59 Å². The molecule has 0 aromatic carbocycles. The number of hydrogen-bond acceptors (Lipinski definition) is 4. The van der Waals surface area contributed by atoms with Gasteiger partial charge in [0.05, 0.1) is 26.0 Å². The number of amides is 2. The monoisotopic (exact) mass is 280 g/mol. The highest BCUT2D eigenvalue weighted by Crippen LogP contribution is 2.08. The topological polar surface area (TPSA) is 63.0 Å². The second-order valence-electron chi connectivity index (χ2n) is 4.76. The fourth-order valence-corrected chi connectivity index (χ4v) is 2.14. The number of nitrogens with zero attached hydrogens (tertiary/aromatic N) is 2. The Morgan fingerprint density at radius 1 is 1.35 bits per heavy atom. The van der Waals surface area contributed by atoms with E-state index in [0.717, 1.165) is 5.76 Å². The maximum Gasteiger partial charge on any atom is 0.224 e. The van der Waals surface area contributed by atoms with Gasteiger partial charge in [-0.2, -0.15) is 0 Å². The van der Waals surface area contributed by atoms with E-state index >= 15 is 0 Å². The van der Waals surface area contributed by atoms with Gasteiger partial charge in [0, 0.05) is 33.0 Å². The van der Waals surface area contributed by atoms with Gasteiger partial charge in [-0.05, 0) is 12.1 Å². The number of furan rings is 1. The lowest BCUT2D eigenvalue weighted by atomic mass is 10.3. The van der Waals surface area contributed by atoms with Crippen LogP contribution in [0.5, 0.6) is 0 Å². The maximum absolute atomic E-state index is 12.0. The molecule has 1 aromatic rings. The molecule has 6 nitrogen and oxygen atoms in total. The van der Waals surface area contributed by atoms with Gasteiger partial charge in [-0.1, -0.05) is 0 Å². The van der Waals surface area contributed by atoms with Crippen molar-refractivity contribution in [2.75, 3.05) is 32.8 Å². The molecular weight excluding hydrogens is 260 g/mol. The van der Waals surface area contributed by atoms with E-state index in [1.165, 1.54) is 6.92 Å². The molecule has 0 atom stereocenters. The Morgan fingerprint density at radius 2 is 2.10 bits per heavy atom. The third-order valence-corrected chi connectivity index (χ3v) is 3.33. The predicted molar refractivity (Wildman–Crippen MR) is 71.8 cm³/mol. The van der Waals surface area contributed by atoms with Crippen molar-refractivity contribution < 1.29 is 18.7 Å². The molecule has 0 spiro atoms. The fraction of sp³-hybridized carbons (Fsp3) is 0.571. The lowest BCUT2D eigenvalue weighted by molar-refractivity contribution is -0.137. The largest absolute Gasteiger partial charge is 0.467 e. The summed E-state index contributed by atoms with van der Waals surface area (Å²) < 4.78 is 10.4. The number of morpholine rings is 1. The van der Waals surface area contributed by atoms with Crippen molar-refractivity contribution in [3.63, 3.8) is 0 Å². The lowest BCUT2D eigenvalue weighted by Gasteiger charge is -2.28. The van der Waals surface area contributed by atoms with Gasteiger partial charge in [0.2, 0.25) is 11.8 Å². The Bertz CT molecular complexity index is 438. The number of carbonyl (C=O) groups excluding carboxylic acids is 2. The Morgan fingerprint density at radius 3 is 2.70 bits per heavy atom. The summed E-state index contributed by atoms with van der Waals surface area (Å²) in [4.78, 5) is 27.0. The number of rotatable bonds is 5. The smallest absolute Gasteiger partial charge is 0.224 e.